The zero-order valence-corrected chi connectivity index (χ0v) is 13.5. The van der Waals surface area contributed by atoms with Crippen molar-refractivity contribution in [3.63, 3.8) is 0 Å². The molecular formula is C17H18ClN3O2. The van der Waals surface area contributed by atoms with Crippen LogP contribution in [-0.4, -0.2) is 35.1 Å². The summed E-state index contributed by atoms with van der Waals surface area (Å²) < 4.78 is 5.49. The topological polar surface area (TPSA) is 58.4 Å². The molecule has 2 aromatic rings. The number of nitrogens with one attached hydrogen (secondary N) is 1. The number of aromatic nitrogens is 1. The van der Waals surface area contributed by atoms with Gasteiger partial charge in [0.15, 0.2) is 0 Å². The van der Waals surface area contributed by atoms with Crippen LogP contribution in [0.15, 0.2) is 28.8 Å². The van der Waals surface area contributed by atoms with Gasteiger partial charge in [0.1, 0.15) is 11.5 Å². The maximum Gasteiger partial charge on any atom is 0.234 e. The van der Waals surface area contributed by atoms with Crippen molar-refractivity contribution >= 4 is 17.5 Å². The van der Waals surface area contributed by atoms with Gasteiger partial charge in [-0.2, -0.15) is 0 Å². The van der Waals surface area contributed by atoms with Gasteiger partial charge in [0.25, 0.3) is 0 Å². The molecule has 1 aliphatic carbocycles. The molecule has 0 saturated heterocycles. The van der Waals surface area contributed by atoms with Crippen molar-refractivity contribution < 1.29 is 9.32 Å². The number of hydrogen-bond donors (Lipinski definition) is 1. The Kier molecular flexibility index (Phi) is 3.83. The van der Waals surface area contributed by atoms with Crippen LogP contribution >= 0.6 is 11.6 Å². The Balaban J connectivity index is 1.50. The molecule has 0 atom stereocenters. The summed E-state index contributed by atoms with van der Waals surface area (Å²) in [5.41, 5.74) is 2.92. The molecule has 1 aromatic carbocycles. The summed E-state index contributed by atoms with van der Waals surface area (Å²) in [6.45, 7) is 1.94. The van der Waals surface area contributed by atoms with E-state index in [0.29, 0.717) is 24.2 Å². The van der Waals surface area contributed by atoms with Crippen LogP contribution in [0.1, 0.15) is 24.2 Å². The SMILES string of the molecule is O=C(CN1CCc2onc(-c3ccc(Cl)cc3)c2C1)NC1CC1. The lowest BCUT2D eigenvalue weighted by molar-refractivity contribution is -0.122. The minimum atomic E-state index is 0.112. The van der Waals surface area contributed by atoms with E-state index in [1.54, 1.807) is 0 Å². The molecule has 2 aliphatic rings. The number of fused-ring (bicyclic) bond motifs is 1. The summed E-state index contributed by atoms with van der Waals surface area (Å²) in [6, 6.07) is 7.99. The first-order valence-corrected chi connectivity index (χ1v) is 8.32. The number of carbonyl (C=O) groups is 1. The summed E-state index contributed by atoms with van der Waals surface area (Å²) in [5.74, 6) is 1.04. The van der Waals surface area contributed by atoms with E-state index in [-0.39, 0.29) is 5.91 Å². The largest absolute Gasteiger partial charge is 0.360 e. The van der Waals surface area contributed by atoms with Crippen LogP contribution in [0.5, 0.6) is 0 Å². The molecule has 0 spiro atoms. The van der Waals surface area contributed by atoms with E-state index in [4.69, 9.17) is 16.1 Å². The van der Waals surface area contributed by atoms with Crippen LogP contribution in [0.4, 0.5) is 0 Å². The first-order valence-electron chi connectivity index (χ1n) is 7.94. The van der Waals surface area contributed by atoms with Gasteiger partial charge >= 0.3 is 0 Å². The summed E-state index contributed by atoms with van der Waals surface area (Å²) in [6.07, 6.45) is 3.01. The molecule has 1 fully saturated rings. The molecule has 0 radical (unpaired) electrons. The van der Waals surface area contributed by atoms with E-state index in [1.165, 1.54) is 0 Å². The fourth-order valence-electron chi connectivity index (χ4n) is 2.94. The first-order chi connectivity index (χ1) is 11.2. The molecule has 2 heterocycles. The second-order valence-electron chi connectivity index (χ2n) is 6.24. The van der Waals surface area contributed by atoms with Crippen molar-refractivity contribution in [1.82, 2.24) is 15.4 Å². The van der Waals surface area contributed by atoms with Gasteiger partial charge in [0.05, 0.1) is 6.54 Å². The van der Waals surface area contributed by atoms with Crippen molar-refractivity contribution in [2.45, 2.75) is 31.8 Å². The third kappa shape index (κ3) is 3.26. The van der Waals surface area contributed by atoms with E-state index < -0.39 is 0 Å². The fourth-order valence-corrected chi connectivity index (χ4v) is 3.06. The van der Waals surface area contributed by atoms with Crippen molar-refractivity contribution in [2.75, 3.05) is 13.1 Å². The fraction of sp³-hybridized carbons (Fsp3) is 0.412. The zero-order chi connectivity index (χ0) is 15.8. The molecule has 1 saturated carbocycles. The highest BCUT2D eigenvalue weighted by Gasteiger charge is 2.28. The van der Waals surface area contributed by atoms with Crippen molar-refractivity contribution in [3.05, 3.63) is 40.6 Å². The van der Waals surface area contributed by atoms with E-state index in [9.17, 15) is 4.79 Å². The minimum absolute atomic E-state index is 0.112. The number of nitrogens with zero attached hydrogens (tertiary/aromatic N) is 2. The number of halogens is 1. The maximum atomic E-state index is 12.0. The smallest absolute Gasteiger partial charge is 0.234 e. The van der Waals surface area contributed by atoms with Crippen LogP contribution in [0.2, 0.25) is 5.02 Å². The van der Waals surface area contributed by atoms with E-state index in [2.05, 4.69) is 15.4 Å². The molecule has 5 nitrogen and oxygen atoms in total. The molecule has 4 rings (SSSR count). The minimum Gasteiger partial charge on any atom is -0.360 e. The lowest BCUT2D eigenvalue weighted by Gasteiger charge is -2.25. The van der Waals surface area contributed by atoms with Crippen molar-refractivity contribution in [3.8, 4) is 11.3 Å². The number of rotatable bonds is 4. The highest BCUT2D eigenvalue weighted by molar-refractivity contribution is 6.30. The van der Waals surface area contributed by atoms with E-state index in [1.807, 2.05) is 24.3 Å². The second-order valence-corrected chi connectivity index (χ2v) is 6.68. The van der Waals surface area contributed by atoms with Crippen molar-refractivity contribution in [2.24, 2.45) is 0 Å². The average molecular weight is 332 g/mol. The number of hydrogen-bond acceptors (Lipinski definition) is 4. The predicted molar refractivity (Wildman–Crippen MR) is 87.1 cm³/mol. The number of benzene rings is 1. The summed E-state index contributed by atoms with van der Waals surface area (Å²) in [7, 11) is 0. The summed E-state index contributed by atoms with van der Waals surface area (Å²) >= 11 is 5.95. The number of carbonyl (C=O) groups excluding carboxylic acids is 1. The Morgan fingerprint density at radius 3 is 2.87 bits per heavy atom. The highest BCUT2D eigenvalue weighted by Crippen LogP contribution is 2.30. The molecule has 1 N–H and O–H groups in total. The van der Waals surface area contributed by atoms with Gasteiger partial charge in [0, 0.05) is 41.7 Å². The Morgan fingerprint density at radius 2 is 2.13 bits per heavy atom. The molecule has 6 heteroatoms. The highest BCUT2D eigenvalue weighted by atomic mass is 35.5. The van der Waals surface area contributed by atoms with Gasteiger partial charge in [-0.3, -0.25) is 9.69 Å². The molecule has 1 amide bonds. The molecule has 1 aliphatic heterocycles. The van der Waals surface area contributed by atoms with Crippen LogP contribution in [0.25, 0.3) is 11.3 Å². The normalized spacial score (nSPS) is 17.8. The Bertz CT molecular complexity index is 722. The van der Waals surface area contributed by atoms with Gasteiger partial charge in [-0.25, -0.2) is 0 Å². The van der Waals surface area contributed by atoms with Crippen LogP contribution in [-0.2, 0) is 17.8 Å². The molecular weight excluding hydrogens is 314 g/mol. The molecule has 0 unspecified atom stereocenters. The van der Waals surface area contributed by atoms with Gasteiger partial charge in [-0.15, -0.1) is 0 Å². The summed E-state index contributed by atoms with van der Waals surface area (Å²) in [5, 5.41) is 7.96. The van der Waals surface area contributed by atoms with E-state index in [0.717, 1.165) is 48.4 Å². The molecule has 0 bridgehead atoms. The standard InChI is InChI=1S/C17H18ClN3O2/c18-12-3-1-11(2-4-12)17-14-9-21(8-7-15(14)23-20-17)10-16(22)19-13-5-6-13/h1-4,13H,5-10H2,(H,19,22). The first kappa shape index (κ1) is 14.7. The van der Waals surface area contributed by atoms with Gasteiger partial charge in [-0.05, 0) is 25.0 Å². The van der Waals surface area contributed by atoms with Crippen LogP contribution in [0.3, 0.4) is 0 Å². The Hall–Kier alpha value is -1.85. The average Bonchev–Trinajstić information content (AvgIpc) is 3.25. The lowest BCUT2D eigenvalue weighted by atomic mass is 10.0. The Morgan fingerprint density at radius 1 is 1.35 bits per heavy atom. The summed E-state index contributed by atoms with van der Waals surface area (Å²) in [4.78, 5) is 14.1. The van der Waals surface area contributed by atoms with Gasteiger partial charge in [-0.1, -0.05) is 28.9 Å². The van der Waals surface area contributed by atoms with E-state index >= 15 is 0 Å². The number of amides is 1. The monoisotopic (exact) mass is 331 g/mol. The van der Waals surface area contributed by atoms with Crippen LogP contribution in [0, 0.1) is 0 Å². The lowest BCUT2D eigenvalue weighted by Crippen LogP contribution is -2.40. The molecule has 120 valence electrons. The predicted octanol–water partition coefficient (Wildman–Crippen LogP) is 2.63. The zero-order valence-electron chi connectivity index (χ0n) is 12.7. The third-order valence-electron chi connectivity index (χ3n) is 4.33. The van der Waals surface area contributed by atoms with Crippen LogP contribution < -0.4 is 5.32 Å². The maximum absolute atomic E-state index is 12.0. The van der Waals surface area contributed by atoms with Gasteiger partial charge < -0.3 is 9.84 Å². The van der Waals surface area contributed by atoms with Crippen molar-refractivity contribution in [1.29, 1.82) is 0 Å². The molecule has 23 heavy (non-hydrogen) atoms. The second kappa shape index (κ2) is 5.98. The quantitative estimate of drug-likeness (QED) is 0.935. The Labute approximate surface area is 139 Å². The van der Waals surface area contributed by atoms with Gasteiger partial charge in [0.2, 0.25) is 5.91 Å². The molecule has 1 aromatic heterocycles. The third-order valence-corrected chi connectivity index (χ3v) is 4.59.